The molecule has 10 heteroatoms. The van der Waals surface area contributed by atoms with Crippen molar-refractivity contribution in [2.24, 2.45) is 0 Å². The van der Waals surface area contributed by atoms with Crippen LogP contribution < -0.4 is 4.90 Å². The van der Waals surface area contributed by atoms with Gasteiger partial charge in [-0.25, -0.2) is 9.97 Å². The number of benzene rings is 1. The van der Waals surface area contributed by atoms with Gasteiger partial charge in [-0.1, -0.05) is 29.0 Å². The number of aryl methyl sites for hydroxylation is 3. The summed E-state index contributed by atoms with van der Waals surface area (Å²) in [5, 5.41) is 2.24. The lowest BCUT2D eigenvalue weighted by molar-refractivity contribution is 0.0391. The third-order valence-electron chi connectivity index (χ3n) is 5.00. The predicted octanol–water partition coefficient (Wildman–Crippen LogP) is 4.73. The maximum atomic E-state index is 13.5. The first kappa shape index (κ1) is 23.4. The van der Waals surface area contributed by atoms with Gasteiger partial charge in [-0.15, -0.1) is 23.7 Å². The Balaban J connectivity index is 0.00000256. The fourth-order valence-corrected chi connectivity index (χ4v) is 5.62. The largest absolute Gasteiger partial charge is 0.379 e. The normalized spacial score (nSPS) is 14.7. The molecule has 1 aromatic carbocycles. The van der Waals surface area contributed by atoms with Crippen LogP contribution in [0.1, 0.15) is 25.9 Å². The molecule has 3 aromatic rings. The van der Waals surface area contributed by atoms with Gasteiger partial charge in [0.25, 0.3) is 5.91 Å². The highest BCUT2D eigenvalue weighted by molar-refractivity contribution is 7.23. The van der Waals surface area contributed by atoms with Gasteiger partial charge in [-0.05, 0) is 32.4 Å². The van der Waals surface area contributed by atoms with Gasteiger partial charge >= 0.3 is 0 Å². The number of carbonyl (C=O) groups excluding carboxylic acids is 1. The van der Waals surface area contributed by atoms with Crippen molar-refractivity contribution in [1.29, 1.82) is 0 Å². The van der Waals surface area contributed by atoms with Gasteiger partial charge in [-0.3, -0.25) is 14.6 Å². The van der Waals surface area contributed by atoms with Gasteiger partial charge in [0.05, 0.1) is 39.2 Å². The highest BCUT2D eigenvalue weighted by Crippen LogP contribution is 2.36. The van der Waals surface area contributed by atoms with Crippen LogP contribution >= 0.6 is 46.7 Å². The minimum atomic E-state index is -0.0470. The molecule has 0 aliphatic carbocycles. The fourth-order valence-electron chi connectivity index (χ4n) is 3.41. The smallest absolute Gasteiger partial charge is 0.272 e. The summed E-state index contributed by atoms with van der Waals surface area (Å²) in [4.78, 5) is 27.5. The highest BCUT2D eigenvalue weighted by Gasteiger charge is 2.26. The standard InChI is InChI=1S/C20H23ClN4O2S2.ClH/c1-12-4-5-15(21)18-16(12)23-20(29-18)25(7-6-24-8-10-27-11-9-24)19(26)17-13(2)22-14(3)28-17;/h4-5H,6-11H2,1-3H3;1H. The van der Waals surface area contributed by atoms with E-state index in [1.807, 2.05) is 32.9 Å². The molecule has 1 fully saturated rings. The number of amides is 1. The number of carbonyl (C=O) groups is 1. The number of thiazole rings is 2. The molecule has 4 rings (SSSR count). The van der Waals surface area contributed by atoms with E-state index in [1.165, 1.54) is 22.7 Å². The molecule has 1 saturated heterocycles. The van der Waals surface area contributed by atoms with Crippen LogP contribution in [0, 0.1) is 20.8 Å². The Morgan fingerprint density at radius 2 is 1.93 bits per heavy atom. The first-order chi connectivity index (χ1) is 13.9. The van der Waals surface area contributed by atoms with Crippen molar-refractivity contribution < 1.29 is 9.53 Å². The zero-order valence-corrected chi connectivity index (χ0v) is 20.3. The molecular formula is C20H24Cl2N4O2S2. The summed E-state index contributed by atoms with van der Waals surface area (Å²) in [7, 11) is 0. The summed E-state index contributed by atoms with van der Waals surface area (Å²) >= 11 is 9.31. The van der Waals surface area contributed by atoms with E-state index in [0.29, 0.717) is 21.6 Å². The van der Waals surface area contributed by atoms with Gasteiger partial charge in [0.1, 0.15) is 4.88 Å². The molecule has 0 unspecified atom stereocenters. The molecule has 1 aliphatic rings. The van der Waals surface area contributed by atoms with Gasteiger partial charge in [0.15, 0.2) is 5.13 Å². The minimum absolute atomic E-state index is 0. The molecular weight excluding hydrogens is 463 g/mol. The van der Waals surface area contributed by atoms with Crippen molar-refractivity contribution in [3.63, 3.8) is 0 Å². The maximum Gasteiger partial charge on any atom is 0.272 e. The summed E-state index contributed by atoms with van der Waals surface area (Å²) in [6.45, 7) is 10.4. The van der Waals surface area contributed by atoms with Crippen LogP contribution in [-0.4, -0.2) is 60.2 Å². The van der Waals surface area contributed by atoms with Crippen LogP contribution in [0.2, 0.25) is 5.02 Å². The second kappa shape index (κ2) is 9.89. The van der Waals surface area contributed by atoms with Crippen molar-refractivity contribution in [3.05, 3.63) is 38.3 Å². The monoisotopic (exact) mass is 486 g/mol. The number of ether oxygens (including phenoxy) is 1. The van der Waals surface area contributed by atoms with E-state index < -0.39 is 0 Å². The number of hydrogen-bond donors (Lipinski definition) is 0. The third kappa shape index (κ3) is 4.79. The first-order valence-corrected chi connectivity index (χ1v) is 11.6. The molecule has 0 saturated carbocycles. The molecule has 0 spiro atoms. The van der Waals surface area contributed by atoms with E-state index in [9.17, 15) is 4.79 Å². The fraction of sp³-hybridized carbons (Fsp3) is 0.450. The second-order valence-electron chi connectivity index (χ2n) is 7.10. The lowest BCUT2D eigenvalue weighted by Gasteiger charge is -2.29. The number of morpholine rings is 1. The van der Waals surface area contributed by atoms with Crippen LogP contribution in [0.3, 0.4) is 0 Å². The SMILES string of the molecule is Cc1nc(C)c(C(=O)N(CCN2CCOCC2)c2nc3c(C)ccc(Cl)c3s2)s1.Cl. The van der Waals surface area contributed by atoms with Gasteiger partial charge < -0.3 is 4.74 Å². The molecule has 1 aliphatic heterocycles. The summed E-state index contributed by atoms with van der Waals surface area (Å²) in [6, 6.07) is 3.85. The number of halogens is 2. The van der Waals surface area contributed by atoms with Crippen LogP contribution in [0.15, 0.2) is 12.1 Å². The molecule has 0 radical (unpaired) electrons. The van der Waals surface area contributed by atoms with Crippen LogP contribution in [-0.2, 0) is 4.74 Å². The first-order valence-electron chi connectivity index (χ1n) is 9.55. The van der Waals surface area contributed by atoms with Crippen LogP contribution in [0.5, 0.6) is 0 Å². The number of fused-ring (bicyclic) bond motifs is 1. The van der Waals surface area contributed by atoms with E-state index in [1.54, 1.807) is 4.90 Å². The van der Waals surface area contributed by atoms with E-state index in [4.69, 9.17) is 21.3 Å². The lowest BCUT2D eigenvalue weighted by atomic mass is 10.2. The topological polar surface area (TPSA) is 58.6 Å². The Bertz CT molecular complexity index is 1010. The Labute approximate surface area is 195 Å². The number of hydrogen-bond acceptors (Lipinski definition) is 7. The molecule has 30 heavy (non-hydrogen) atoms. The summed E-state index contributed by atoms with van der Waals surface area (Å²) in [5.74, 6) is -0.0470. The van der Waals surface area contributed by atoms with Crippen LogP contribution in [0.4, 0.5) is 5.13 Å². The van der Waals surface area contributed by atoms with E-state index in [0.717, 1.165) is 59.3 Å². The van der Waals surface area contributed by atoms with Crippen molar-refractivity contribution in [1.82, 2.24) is 14.9 Å². The molecule has 0 atom stereocenters. The number of rotatable bonds is 5. The average Bonchev–Trinajstić information content (AvgIpc) is 3.30. The van der Waals surface area contributed by atoms with Gasteiger partial charge in [-0.2, -0.15) is 0 Å². The Kier molecular flexibility index (Phi) is 7.71. The molecule has 0 bridgehead atoms. The molecule has 2 aromatic heterocycles. The van der Waals surface area contributed by atoms with Crippen molar-refractivity contribution in [2.75, 3.05) is 44.3 Å². The zero-order chi connectivity index (χ0) is 20.5. The maximum absolute atomic E-state index is 13.5. The molecule has 162 valence electrons. The Morgan fingerprint density at radius 3 is 2.57 bits per heavy atom. The number of aromatic nitrogens is 2. The predicted molar refractivity (Wildman–Crippen MR) is 127 cm³/mol. The Morgan fingerprint density at radius 1 is 1.20 bits per heavy atom. The number of anilines is 1. The van der Waals surface area contributed by atoms with E-state index in [-0.39, 0.29) is 18.3 Å². The van der Waals surface area contributed by atoms with Gasteiger partial charge in [0, 0.05) is 26.2 Å². The second-order valence-corrected chi connectivity index (χ2v) is 9.68. The van der Waals surface area contributed by atoms with Crippen molar-refractivity contribution in [2.45, 2.75) is 20.8 Å². The molecule has 1 amide bonds. The van der Waals surface area contributed by atoms with Crippen LogP contribution in [0.25, 0.3) is 10.2 Å². The van der Waals surface area contributed by atoms with Crippen molar-refractivity contribution >= 4 is 67.9 Å². The third-order valence-corrected chi connectivity index (χ3v) is 7.60. The zero-order valence-electron chi connectivity index (χ0n) is 17.1. The summed E-state index contributed by atoms with van der Waals surface area (Å²) in [5.41, 5.74) is 2.68. The summed E-state index contributed by atoms with van der Waals surface area (Å²) < 4.78 is 6.36. The van der Waals surface area contributed by atoms with E-state index in [2.05, 4.69) is 9.88 Å². The molecule has 3 heterocycles. The van der Waals surface area contributed by atoms with Gasteiger partial charge in [0.2, 0.25) is 0 Å². The summed E-state index contributed by atoms with van der Waals surface area (Å²) in [6.07, 6.45) is 0. The number of nitrogens with zero attached hydrogens (tertiary/aromatic N) is 4. The van der Waals surface area contributed by atoms with E-state index >= 15 is 0 Å². The minimum Gasteiger partial charge on any atom is -0.379 e. The highest BCUT2D eigenvalue weighted by atomic mass is 35.5. The molecule has 0 N–H and O–H groups in total. The molecule has 6 nitrogen and oxygen atoms in total. The lowest BCUT2D eigenvalue weighted by Crippen LogP contribution is -2.43. The van der Waals surface area contributed by atoms with Crippen molar-refractivity contribution in [3.8, 4) is 0 Å². The quantitative estimate of drug-likeness (QED) is 0.521. The average molecular weight is 487 g/mol. The Hall–Kier alpha value is -1.29.